The minimum absolute atomic E-state index is 0.204. The molecule has 3 rings (SSSR count). The zero-order chi connectivity index (χ0) is 24.0. The van der Waals surface area contributed by atoms with Gasteiger partial charge in [-0.2, -0.15) is 5.26 Å². The van der Waals surface area contributed by atoms with E-state index >= 15 is 0 Å². The summed E-state index contributed by atoms with van der Waals surface area (Å²) in [5, 5.41) is 18.5. The number of rotatable bonds is 15. The first-order valence-corrected chi connectivity index (χ1v) is 12.2. The first-order valence-electron chi connectivity index (χ1n) is 12.2. The zero-order valence-electron chi connectivity index (χ0n) is 20.1. The molecule has 0 radical (unpaired) electrons. The summed E-state index contributed by atoms with van der Waals surface area (Å²) in [5.74, 6) is 2.71. The number of hydrogen-bond donors (Lipinski definition) is 1. The summed E-state index contributed by atoms with van der Waals surface area (Å²) in [6, 6.07) is 13.5. The fourth-order valence-electron chi connectivity index (χ4n) is 3.94. The second kappa shape index (κ2) is 14.2. The molecule has 0 unspecified atom stereocenters. The first-order chi connectivity index (χ1) is 16.7. The molecule has 1 heterocycles. The van der Waals surface area contributed by atoms with Crippen molar-refractivity contribution >= 4 is 11.6 Å². The highest BCUT2D eigenvalue weighted by Gasteiger charge is 2.15. The summed E-state index contributed by atoms with van der Waals surface area (Å²) >= 11 is 0. The quantitative estimate of drug-likeness (QED) is 0.187. The molecule has 0 bridgehead atoms. The third-order valence-corrected chi connectivity index (χ3v) is 5.86. The van der Waals surface area contributed by atoms with Gasteiger partial charge in [0.05, 0.1) is 25.4 Å². The Bertz CT molecular complexity index is 979. The van der Waals surface area contributed by atoms with Crippen molar-refractivity contribution in [1.29, 1.82) is 5.26 Å². The predicted molar refractivity (Wildman–Crippen MR) is 133 cm³/mol. The van der Waals surface area contributed by atoms with E-state index in [9.17, 15) is 5.26 Å². The number of methoxy groups -OCH3 is 1. The molecular formula is C28H35NO5. The Morgan fingerprint density at radius 2 is 1.62 bits per heavy atom. The molecular weight excluding hydrogens is 430 g/mol. The molecule has 34 heavy (non-hydrogen) atoms. The van der Waals surface area contributed by atoms with Crippen LogP contribution in [0.2, 0.25) is 0 Å². The molecule has 0 atom stereocenters. The molecule has 1 N–H and O–H groups in total. The van der Waals surface area contributed by atoms with Gasteiger partial charge in [0, 0.05) is 6.61 Å². The average molecular weight is 466 g/mol. The molecule has 0 aliphatic carbocycles. The summed E-state index contributed by atoms with van der Waals surface area (Å²) in [5.41, 5.74) is 2.16. The predicted octanol–water partition coefficient (Wildman–Crippen LogP) is 6.37. The molecule has 6 heteroatoms. The smallest absolute Gasteiger partial charge is 0.231 e. The van der Waals surface area contributed by atoms with Gasteiger partial charge >= 0.3 is 0 Å². The average Bonchev–Trinajstić information content (AvgIpc) is 3.34. The van der Waals surface area contributed by atoms with E-state index in [0.717, 1.165) is 36.8 Å². The van der Waals surface area contributed by atoms with Crippen LogP contribution in [-0.4, -0.2) is 32.2 Å². The van der Waals surface area contributed by atoms with Gasteiger partial charge in [0.1, 0.15) is 0 Å². The molecule has 0 saturated carbocycles. The van der Waals surface area contributed by atoms with Crippen LogP contribution in [-0.2, 0) is 0 Å². The fourth-order valence-corrected chi connectivity index (χ4v) is 3.94. The van der Waals surface area contributed by atoms with Gasteiger partial charge in [-0.1, -0.05) is 51.0 Å². The van der Waals surface area contributed by atoms with Gasteiger partial charge in [-0.3, -0.25) is 0 Å². The van der Waals surface area contributed by atoms with Gasteiger partial charge in [0.25, 0.3) is 0 Å². The van der Waals surface area contributed by atoms with E-state index in [1.165, 1.54) is 32.1 Å². The number of benzene rings is 2. The SMILES string of the molecule is COc1cc(C=C(C#N)c2ccc3c(c2)OCO3)ccc1OCCCCCCCCCCCO. The summed E-state index contributed by atoms with van der Waals surface area (Å²) in [6.45, 7) is 1.17. The monoisotopic (exact) mass is 465 g/mol. The molecule has 6 nitrogen and oxygen atoms in total. The second-order valence-electron chi connectivity index (χ2n) is 8.40. The van der Waals surface area contributed by atoms with Crippen LogP contribution in [0.1, 0.15) is 68.9 Å². The molecule has 0 amide bonds. The van der Waals surface area contributed by atoms with Crippen molar-refractivity contribution in [3.8, 4) is 29.1 Å². The molecule has 1 aliphatic heterocycles. The standard InChI is InChI=1S/C28H35NO5/c1-31-27-18-22(17-24(20-29)23-12-14-26-28(19-23)34-21-33-26)11-13-25(27)32-16-10-8-6-4-2-3-5-7-9-15-30/h11-14,17-19,30H,2-10,15-16,21H2,1H3. The molecule has 0 aromatic heterocycles. The van der Waals surface area contributed by atoms with E-state index in [4.69, 9.17) is 24.1 Å². The minimum atomic E-state index is 0.204. The molecule has 0 fully saturated rings. The highest BCUT2D eigenvalue weighted by atomic mass is 16.7. The van der Waals surface area contributed by atoms with Gasteiger partial charge in [0.15, 0.2) is 23.0 Å². The highest BCUT2D eigenvalue weighted by molar-refractivity contribution is 5.90. The van der Waals surface area contributed by atoms with Crippen molar-refractivity contribution in [3.05, 3.63) is 47.5 Å². The number of nitrogens with zero attached hydrogens (tertiary/aromatic N) is 1. The van der Waals surface area contributed by atoms with Crippen LogP contribution in [0, 0.1) is 11.3 Å². The van der Waals surface area contributed by atoms with E-state index in [1.807, 2.05) is 42.5 Å². The maximum Gasteiger partial charge on any atom is 0.231 e. The largest absolute Gasteiger partial charge is 0.493 e. The summed E-state index contributed by atoms with van der Waals surface area (Å²) in [7, 11) is 1.62. The summed E-state index contributed by atoms with van der Waals surface area (Å²) in [4.78, 5) is 0. The molecule has 2 aromatic carbocycles. The molecule has 2 aromatic rings. The third kappa shape index (κ3) is 7.71. The highest BCUT2D eigenvalue weighted by Crippen LogP contribution is 2.35. The normalized spacial score (nSPS) is 12.4. The van der Waals surface area contributed by atoms with Crippen LogP contribution in [0.4, 0.5) is 0 Å². The zero-order valence-corrected chi connectivity index (χ0v) is 20.1. The van der Waals surface area contributed by atoms with Crippen LogP contribution in [0.3, 0.4) is 0 Å². The van der Waals surface area contributed by atoms with Gasteiger partial charge in [-0.05, 0) is 60.4 Å². The van der Waals surface area contributed by atoms with Crippen molar-refractivity contribution in [1.82, 2.24) is 0 Å². The Hall–Kier alpha value is -3.17. The number of unbranched alkanes of at least 4 members (excludes halogenated alkanes) is 8. The van der Waals surface area contributed by atoms with Crippen molar-refractivity contribution in [2.45, 2.75) is 57.8 Å². The van der Waals surface area contributed by atoms with Crippen molar-refractivity contribution in [2.75, 3.05) is 27.1 Å². The Kier molecular flexibility index (Phi) is 10.6. The van der Waals surface area contributed by atoms with Crippen LogP contribution in [0.25, 0.3) is 11.6 Å². The summed E-state index contributed by atoms with van der Waals surface area (Å²) in [6.07, 6.45) is 12.3. The number of aliphatic hydroxyl groups is 1. The fraction of sp³-hybridized carbons (Fsp3) is 0.464. The lowest BCUT2D eigenvalue weighted by Crippen LogP contribution is -1.99. The van der Waals surface area contributed by atoms with Crippen LogP contribution < -0.4 is 18.9 Å². The van der Waals surface area contributed by atoms with Gasteiger partial charge in [0.2, 0.25) is 6.79 Å². The van der Waals surface area contributed by atoms with E-state index in [-0.39, 0.29) is 6.79 Å². The van der Waals surface area contributed by atoms with E-state index in [2.05, 4.69) is 6.07 Å². The number of aliphatic hydroxyl groups excluding tert-OH is 1. The Balaban J connectivity index is 1.47. The van der Waals surface area contributed by atoms with Crippen molar-refractivity contribution in [3.63, 3.8) is 0 Å². The second-order valence-corrected chi connectivity index (χ2v) is 8.40. The van der Waals surface area contributed by atoms with Crippen molar-refractivity contribution < 1.29 is 24.1 Å². The van der Waals surface area contributed by atoms with E-state index < -0.39 is 0 Å². The molecule has 0 spiro atoms. The number of hydrogen-bond acceptors (Lipinski definition) is 6. The number of nitriles is 1. The van der Waals surface area contributed by atoms with Crippen LogP contribution in [0.15, 0.2) is 36.4 Å². The Morgan fingerprint density at radius 3 is 2.32 bits per heavy atom. The Labute approximate surface area is 202 Å². The lowest BCUT2D eigenvalue weighted by molar-refractivity contribution is 0.174. The number of fused-ring (bicyclic) bond motifs is 1. The topological polar surface area (TPSA) is 80.9 Å². The molecule has 182 valence electrons. The van der Waals surface area contributed by atoms with E-state index in [1.54, 1.807) is 7.11 Å². The maximum atomic E-state index is 9.68. The molecule has 0 saturated heterocycles. The minimum Gasteiger partial charge on any atom is -0.493 e. The Morgan fingerprint density at radius 1 is 0.912 bits per heavy atom. The van der Waals surface area contributed by atoms with Crippen LogP contribution >= 0.6 is 0 Å². The first kappa shape index (κ1) is 25.5. The maximum absolute atomic E-state index is 9.68. The number of allylic oxidation sites excluding steroid dienone is 1. The summed E-state index contributed by atoms with van der Waals surface area (Å²) < 4.78 is 22.3. The lowest BCUT2D eigenvalue weighted by Gasteiger charge is -2.11. The van der Waals surface area contributed by atoms with Crippen molar-refractivity contribution in [2.24, 2.45) is 0 Å². The third-order valence-electron chi connectivity index (χ3n) is 5.86. The lowest BCUT2D eigenvalue weighted by atomic mass is 10.0. The molecule has 1 aliphatic rings. The van der Waals surface area contributed by atoms with E-state index in [0.29, 0.717) is 41.8 Å². The van der Waals surface area contributed by atoms with Gasteiger partial charge in [-0.15, -0.1) is 0 Å². The van der Waals surface area contributed by atoms with Gasteiger partial charge in [-0.25, -0.2) is 0 Å². The van der Waals surface area contributed by atoms with Gasteiger partial charge < -0.3 is 24.1 Å². The van der Waals surface area contributed by atoms with Crippen LogP contribution in [0.5, 0.6) is 23.0 Å². The number of ether oxygens (including phenoxy) is 4.